The fourth-order valence-electron chi connectivity index (χ4n) is 2.56. The Morgan fingerprint density at radius 2 is 2.21 bits per heavy atom. The summed E-state index contributed by atoms with van der Waals surface area (Å²) in [5.74, 6) is 0.679. The summed E-state index contributed by atoms with van der Waals surface area (Å²) in [5, 5.41) is 3.58. The highest BCUT2D eigenvalue weighted by Gasteiger charge is 2.31. The largest absolute Gasteiger partial charge is 0.381 e. The van der Waals surface area contributed by atoms with E-state index in [-0.39, 0.29) is 0 Å². The van der Waals surface area contributed by atoms with Gasteiger partial charge in [-0.25, -0.2) is 0 Å². The second kappa shape index (κ2) is 3.37. The van der Waals surface area contributed by atoms with Crippen LogP contribution >= 0.6 is 0 Å². The van der Waals surface area contributed by atoms with Gasteiger partial charge in [-0.2, -0.15) is 0 Å². The monoisotopic (exact) mass is 189 g/mol. The molecular formula is C12H15NO. The topological polar surface area (TPSA) is 21.3 Å². The zero-order valence-electron chi connectivity index (χ0n) is 8.20. The number of fused-ring (bicyclic) bond motifs is 1. The number of benzene rings is 1. The molecule has 0 aliphatic carbocycles. The molecule has 1 aromatic carbocycles. The average Bonchev–Trinajstić information content (AvgIpc) is 2.85. The van der Waals surface area contributed by atoms with Crippen molar-refractivity contribution in [1.82, 2.24) is 5.32 Å². The predicted molar refractivity (Wildman–Crippen MR) is 54.9 cm³/mol. The summed E-state index contributed by atoms with van der Waals surface area (Å²) in [6.45, 7) is 2.88. The lowest BCUT2D eigenvalue weighted by Gasteiger charge is -2.18. The lowest BCUT2D eigenvalue weighted by molar-refractivity contribution is 0.178. The second-order valence-corrected chi connectivity index (χ2v) is 4.18. The molecule has 2 nitrogen and oxygen atoms in total. The molecule has 0 amide bonds. The van der Waals surface area contributed by atoms with E-state index in [1.165, 1.54) is 17.5 Å². The van der Waals surface area contributed by atoms with Crippen molar-refractivity contribution < 1.29 is 4.74 Å². The minimum absolute atomic E-state index is 0.536. The first-order valence-electron chi connectivity index (χ1n) is 5.34. The van der Waals surface area contributed by atoms with Crippen molar-refractivity contribution in [3.05, 3.63) is 35.4 Å². The van der Waals surface area contributed by atoms with Gasteiger partial charge in [0.05, 0.1) is 6.61 Å². The molecule has 0 saturated carbocycles. The highest BCUT2D eigenvalue weighted by molar-refractivity contribution is 5.34. The molecule has 0 spiro atoms. The predicted octanol–water partition coefficient (Wildman–Crippen LogP) is 1.87. The van der Waals surface area contributed by atoms with Crippen molar-refractivity contribution in [3.63, 3.8) is 0 Å². The van der Waals surface area contributed by atoms with Crippen LogP contribution in [0.15, 0.2) is 24.3 Å². The SMILES string of the molecule is c1ccc2c(c1)CNC2C1CCOC1. The van der Waals surface area contributed by atoms with Crippen LogP contribution in [-0.2, 0) is 11.3 Å². The van der Waals surface area contributed by atoms with E-state index in [1.807, 2.05) is 0 Å². The first-order valence-corrected chi connectivity index (χ1v) is 5.34. The Morgan fingerprint density at radius 3 is 3.07 bits per heavy atom. The molecule has 2 unspecified atom stereocenters. The molecule has 74 valence electrons. The van der Waals surface area contributed by atoms with Gasteiger partial charge in [-0.1, -0.05) is 24.3 Å². The molecule has 2 aliphatic rings. The van der Waals surface area contributed by atoms with Crippen LogP contribution < -0.4 is 5.32 Å². The van der Waals surface area contributed by atoms with E-state index in [4.69, 9.17) is 4.74 Å². The van der Waals surface area contributed by atoms with Crippen LogP contribution in [0.25, 0.3) is 0 Å². The van der Waals surface area contributed by atoms with E-state index in [2.05, 4.69) is 29.6 Å². The van der Waals surface area contributed by atoms with E-state index in [0.29, 0.717) is 12.0 Å². The molecule has 2 heteroatoms. The Hall–Kier alpha value is -0.860. The summed E-state index contributed by atoms with van der Waals surface area (Å²) in [7, 11) is 0. The molecular weight excluding hydrogens is 174 g/mol. The van der Waals surface area contributed by atoms with Gasteiger partial charge in [-0.05, 0) is 17.5 Å². The third kappa shape index (κ3) is 1.26. The Kier molecular flexibility index (Phi) is 2.03. The fourth-order valence-corrected chi connectivity index (χ4v) is 2.56. The fraction of sp³-hybridized carbons (Fsp3) is 0.500. The van der Waals surface area contributed by atoms with Gasteiger partial charge >= 0.3 is 0 Å². The van der Waals surface area contributed by atoms with E-state index in [9.17, 15) is 0 Å². The molecule has 1 N–H and O–H groups in total. The van der Waals surface area contributed by atoms with E-state index in [0.717, 1.165) is 19.8 Å². The molecule has 0 aromatic heterocycles. The lowest BCUT2D eigenvalue weighted by atomic mass is 9.93. The molecule has 1 fully saturated rings. The molecule has 1 saturated heterocycles. The van der Waals surface area contributed by atoms with Gasteiger partial charge in [-0.15, -0.1) is 0 Å². The minimum atomic E-state index is 0.536. The van der Waals surface area contributed by atoms with Gasteiger partial charge < -0.3 is 10.1 Å². The highest BCUT2D eigenvalue weighted by atomic mass is 16.5. The van der Waals surface area contributed by atoms with Crippen LogP contribution in [-0.4, -0.2) is 13.2 Å². The third-order valence-electron chi connectivity index (χ3n) is 3.34. The Bertz CT molecular complexity index is 331. The first-order chi connectivity index (χ1) is 6.95. The normalized spacial score (nSPS) is 30.6. The van der Waals surface area contributed by atoms with Crippen LogP contribution in [0, 0.1) is 5.92 Å². The maximum atomic E-state index is 5.44. The summed E-state index contributed by atoms with van der Waals surface area (Å²) >= 11 is 0. The molecule has 14 heavy (non-hydrogen) atoms. The lowest BCUT2D eigenvalue weighted by Crippen LogP contribution is -2.22. The van der Waals surface area contributed by atoms with Crippen LogP contribution in [0.4, 0.5) is 0 Å². The Balaban J connectivity index is 1.89. The minimum Gasteiger partial charge on any atom is -0.381 e. The van der Waals surface area contributed by atoms with Crippen molar-refractivity contribution >= 4 is 0 Å². The van der Waals surface area contributed by atoms with E-state index in [1.54, 1.807) is 0 Å². The maximum absolute atomic E-state index is 5.44. The molecule has 2 atom stereocenters. The van der Waals surface area contributed by atoms with Gasteiger partial charge in [0.15, 0.2) is 0 Å². The quantitative estimate of drug-likeness (QED) is 0.728. The van der Waals surface area contributed by atoms with Crippen molar-refractivity contribution in [2.75, 3.05) is 13.2 Å². The number of ether oxygens (including phenoxy) is 1. The van der Waals surface area contributed by atoms with E-state index < -0.39 is 0 Å². The summed E-state index contributed by atoms with van der Waals surface area (Å²) in [6, 6.07) is 9.26. The summed E-state index contributed by atoms with van der Waals surface area (Å²) in [6.07, 6.45) is 1.20. The molecule has 3 rings (SSSR count). The maximum Gasteiger partial charge on any atom is 0.0513 e. The van der Waals surface area contributed by atoms with Gasteiger partial charge in [0.2, 0.25) is 0 Å². The number of hydrogen-bond donors (Lipinski definition) is 1. The van der Waals surface area contributed by atoms with Crippen LogP contribution in [0.1, 0.15) is 23.6 Å². The number of nitrogens with one attached hydrogen (secondary N) is 1. The Labute approximate surface area is 84.3 Å². The third-order valence-corrected chi connectivity index (χ3v) is 3.34. The summed E-state index contributed by atoms with van der Waals surface area (Å²) < 4.78 is 5.44. The molecule has 2 heterocycles. The highest BCUT2D eigenvalue weighted by Crippen LogP contribution is 2.34. The standard InChI is InChI=1S/C12H15NO/c1-2-4-11-9(3-1)7-13-12(11)10-5-6-14-8-10/h1-4,10,12-13H,5-8H2. The molecule has 0 bridgehead atoms. The van der Waals surface area contributed by atoms with Crippen molar-refractivity contribution in [1.29, 1.82) is 0 Å². The van der Waals surface area contributed by atoms with Crippen molar-refractivity contribution in [2.24, 2.45) is 5.92 Å². The summed E-state index contributed by atoms with van der Waals surface area (Å²) in [4.78, 5) is 0. The zero-order valence-corrected chi connectivity index (χ0v) is 8.20. The molecule has 2 aliphatic heterocycles. The number of hydrogen-bond acceptors (Lipinski definition) is 2. The van der Waals surface area contributed by atoms with Crippen LogP contribution in [0.2, 0.25) is 0 Å². The van der Waals surface area contributed by atoms with Gasteiger partial charge in [-0.3, -0.25) is 0 Å². The zero-order chi connectivity index (χ0) is 9.38. The van der Waals surface area contributed by atoms with Crippen molar-refractivity contribution in [3.8, 4) is 0 Å². The second-order valence-electron chi connectivity index (χ2n) is 4.18. The van der Waals surface area contributed by atoms with Gasteiger partial charge in [0.1, 0.15) is 0 Å². The van der Waals surface area contributed by atoms with Crippen LogP contribution in [0.3, 0.4) is 0 Å². The number of rotatable bonds is 1. The van der Waals surface area contributed by atoms with Gasteiger partial charge in [0.25, 0.3) is 0 Å². The van der Waals surface area contributed by atoms with Crippen molar-refractivity contribution in [2.45, 2.75) is 19.0 Å². The molecule has 0 radical (unpaired) electrons. The van der Waals surface area contributed by atoms with Gasteiger partial charge in [0, 0.05) is 25.1 Å². The first kappa shape index (κ1) is 8.45. The summed E-state index contributed by atoms with van der Waals surface area (Å²) in [5.41, 5.74) is 2.95. The average molecular weight is 189 g/mol. The smallest absolute Gasteiger partial charge is 0.0513 e. The Morgan fingerprint density at radius 1 is 1.29 bits per heavy atom. The van der Waals surface area contributed by atoms with Crippen LogP contribution in [0.5, 0.6) is 0 Å². The van der Waals surface area contributed by atoms with E-state index >= 15 is 0 Å². The molecule has 1 aromatic rings.